The first-order chi connectivity index (χ1) is 12.8. The first-order valence-electron chi connectivity index (χ1n) is 9.26. The highest BCUT2D eigenvalue weighted by molar-refractivity contribution is 7.89. The Balaban J connectivity index is 1.53. The Morgan fingerprint density at radius 1 is 1.30 bits per heavy atom. The smallest absolute Gasteiger partial charge is 0.245 e. The highest BCUT2D eigenvalue weighted by atomic mass is 32.2. The van der Waals surface area contributed by atoms with Gasteiger partial charge in [-0.15, -0.1) is 0 Å². The van der Waals surface area contributed by atoms with Gasteiger partial charge < -0.3 is 4.90 Å². The Kier molecular flexibility index (Phi) is 6.29. The molecule has 8 heteroatoms. The molecular weight excluding hydrogens is 367 g/mol. The molecule has 0 radical (unpaired) electrons. The summed E-state index contributed by atoms with van der Waals surface area (Å²) in [5, 5.41) is 3.96. The van der Waals surface area contributed by atoms with Crippen LogP contribution in [0.5, 0.6) is 0 Å². The van der Waals surface area contributed by atoms with Crippen LogP contribution in [-0.4, -0.2) is 60.6 Å². The van der Waals surface area contributed by atoms with Crippen LogP contribution in [0.1, 0.15) is 18.4 Å². The molecule has 1 saturated heterocycles. The van der Waals surface area contributed by atoms with Crippen LogP contribution >= 0.6 is 0 Å². The number of aromatic nitrogens is 2. The lowest BCUT2D eigenvalue weighted by Crippen LogP contribution is -2.42. The fourth-order valence-corrected chi connectivity index (χ4v) is 4.85. The van der Waals surface area contributed by atoms with Gasteiger partial charge in [0.25, 0.3) is 0 Å². The Labute approximate surface area is 160 Å². The van der Waals surface area contributed by atoms with E-state index in [1.807, 2.05) is 12.1 Å². The molecule has 1 aliphatic heterocycles. The predicted molar refractivity (Wildman–Crippen MR) is 102 cm³/mol. The summed E-state index contributed by atoms with van der Waals surface area (Å²) in [5.41, 5.74) is 1.12. The van der Waals surface area contributed by atoms with Gasteiger partial charge in [-0.3, -0.25) is 4.68 Å². The first kappa shape index (κ1) is 20.0. The topological polar surface area (TPSA) is 58.4 Å². The molecule has 0 bridgehead atoms. The Morgan fingerprint density at radius 2 is 2.04 bits per heavy atom. The molecule has 6 nitrogen and oxygen atoms in total. The highest BCUT2D eigenvalue weighted by Gasteiger charge is 2.27. The van der Waals surface area contributed by atoms with E-state index in [-0.39, 0.29) is 10.7 Å². The van der Waals surface area contributed by atoms with Crippen molar-refractivity contribution in [3.8, 4) is 0 Å². The van der Waals surface area contributed by atoms with Crippen LogP contribution in [0.15, 0.2) is 41.6 Å². The lowest BCUT2D eigenvalue weighted by atomic mass is 9.97. The maximum Gasteiger partial charge on any atom is 0.245 e. The number of nitrogens with zero attached hydrogens (tertiary/aromatic N) is 4. The summed E-state index contributed by atoms with van der Waals surface area (Å²) in [6.07, 6.45) is 5.88. The largest absolute Gasteiger partial charge is 0.303 e. The summed E-state index contributed by atoms with van der Waals surface area (Å²) in [6.45, 7) is 3.32. The maximum atomic E-state index is 13.0. The summed E-state index contributed by atoms with van der Waals surface area (Å²) in [7, 11) is -0.152. The van der Waals surface area contributed by atoms with Gasteiger partial charge >= 0.3 is 0 Å². The average molecular weight is 395 g/mol. The number of likely N-dealkylation sites (tertiary alicyclic amines) is 1. The van der Waals surface area contributed by atoms with E-state index < -0.39 is 10.0 Å². The molecule has 2 heterocycles. The molecule has 0 amide bonds. The van der Waals surface area contributed by atoms with E-state index >= 15 is 0 Å². The van der Waals surface area contributed by atoms with Crippen molar-refractivity contribution in [2.24, 2.45) is 13.0 Å². The number of sulfonamides is 1. The molecule has 3 rings (SSSR count). The molecule has 0 spiro atoms. The molecule has 1 unspecified atom stereocenters. The van der Waals surface area contributed by atoms with E-state index in [2.05, 4.69) is 10.00 Å². The summed E-state index contributed by atoms with van der Waals surface area (Å²) in [4.78, 5) is 2.61. The van der Waals surface area contributed by atoms with Crippen LogP contribution in [0.25, 0.3) is 0 Å². The molecule has 27 heavy (non-hydrogen) atoms. The fourth-order valence-electron chi connectivity index (χ4n) is 3.62. The monoisotopic (exact) mass is 394 g/mol. The average Bonchev–Trinajstić information content (AvgIpc) is 3.09. The number of aryl methyl sites for hydroxylation is 1. The lowest BCUT2D eigenvalue weighted by molar-refractivity contribution is 0.163. The molecule has 0 N–H and O–H groups in total. The van der Waals surface area contributed by atoms with Gasteiger partial charge in [0.05, 0.1) is 6.20 Å². The number of hydrogen-bond donors (Lipinski definition) is 0. The minimum atomic E-state index is -3.50. The van der Waals surface area contributed by atoms with Crippen LogP contribution in [-0.2, 0) is 23.5 Å². The van der Waals surface area contributed by atoms with E-state index in [0.717, 1.165) is 44.5 Å². The molecule has 1 aliphatic rings. The minimum absolute atomic E-state index is 0.213. The van der Waals surface area contributed by atoms with Crippen LogP contribution in [0, 0.1) is 11.7 Å². The molecule has 1 atom stereocenters. The van der Waals surface area contributed by atoms with E-state index in [9.17, 15) is 12.8 Å². The molecular formula is C19H27FN4O2S. The third-order valence-electron chi connectivity index (χ3n) is 5.14. The van der Waals surface area contributed by atoms with Gasteiger partial charge in [0.2, 0.25) is 10.0 Å². The summed E-state index contributed by atoms with van der Waals surface area (Å²) in [5.74, 6) is 0.0954. The van der Waals surface area contributed by atoms with Crippen molar-refractivity contribution in [1.82, 2.24) is 19.0 Å². The van der Waals surface area contributed by atoms with E-state index in [0.29, 0.717) is 12.5 Å². The molecule has 148 valence electrons. The fraction of sp³-hybridized carbons (Fsp3) is 0.526. The summed E-state index contributed by atoms with van der Waals surface area (Å²) in [6, 6.07) is 6.63. The Bertz CT molecular complexity index is 851. The van der Waals surface area contributed by atoms with Crippen molar-refractivity contribution < 1.29 is 12.8 Å². The van der Waals surface area contributed by atoms with Crippen LogP contribution in [0.3, 0.4) is 0 Å². The maximum absolute atomic E-state index is 13.0. The molecule has 0 saturated carbocycles. The normalized spacial score (nSPS) is 18.9. The van der Waals surface area contributed by atoms with Crippen LogP contribution < -0.4 is 0 Å². The predicted octanol–water partition coefficient (Wildman–Crippen LogP) is 2.13. The second-order valence-corrected chi connectivity index (χ2v) is 9.37. The van der Waals surface area contributed by atoms with Crippen LogP contribution in [0.4, 0.5) is 4.39 Å². The van der Waals surface area contributed by atoms with Crippen molar-refractivity contribution >= 4 is 10.0 Å². The lowest BCUT2D eigenvalue weighted by Gasteiger charge is -2.34. The van der Waals surface area contributed by atoms with Crippen molar-refractivity contribution in [3.05, 3.63) is 48.0 Å². The zero-order valence-electron chi connectivity index (χ0n) is 15.9. The number of benzene rings is 1. The SMILES string of the molecule is CN(CC1CCCN(CCc2ccc(F)cc2)C1)S(=O)(=O)c1cnn(C)c1. The second kappa shape index (κ2) is 8.50. The summed E-state index contributed by atoms with van der Waals surface area (Å²) >= 11 is 0. The van der Waals surface area contributed by atoms with E-state index in [1.54, 1.807) is 14.1 Å². The second-order valence-electron chi connectivity index (χ2n) is 7.32. The molecule has 1 aromatic carbocycles. The third kappa shape index (κ3) is 5.15. The van der Waals surface area contributed by atoms with Gasteiger partial charge in [-0.05, 0) is 49.4 Å². The van der Waals surface area contributed by atoms with Gasteiger partial charge in [-0.2, -0.15) is 5.10 Å². The zero-order chi connectivity index (χ0) is 19.4. The molecule has 1 fully saturated rings. The standard InChI is InChI=1S/C19H27FN4O2S/c1-22-15-19(12-21-22)27(25,26)23(2)13-17-4-3-10-24(14-17)11-9-16-5-7-18(20)8-6-16/h5-8,12,15,17H,3-4,9-11,13-14H2,1-2H3. The molecule has 1 aromatic heterocycles. The van der Waals surface area contributed by atoms with Gasteiger partial charge in [0.15, 0.2) is 0 Å². The first-order valence-corrected chi connectivity index (χ1v) is 10.7. The van der Waals surface area contributed by atoms with Gasteiger partial charge in [0.1, 0.15) is 10.7 Å². The van der Waals surface area contributed by atoms with Gasteiger partial charge in [-0.1, -0.05) is 12.1 Å². The number of halogens is 1. The van der Waals surface area contributed by atoms with Crippen LogP contribution in [0.2, 0.25) is 0 Å². The summed E-state index contributed by atoms with van der Waals surface area (Å²) < 4.78 is 41.3. The van der Waals surface area contributed by atoms with Crippen molar-refractivity contribution in [2.75, 3.05) is 33.2 Å². The molecule has 2 aromatic rings. The van der Waals surface area contributed by atoms with Gasteiger partial charge in [0, 0.05) is 39.9 Å². The number of piperidine rings is 1. The number of hydrogen-bond acceptors (Lipinski definition) is 4. The Morgan fingerprint density at radius 3 is 2.70 bits per heavy atom. The van der Waals surface area contributed by atoms with Crippen molar-refractivity contribution in [3.63, 3.8) is 0 Å². The molecule has 0 aliphatic carbocycles. The van der Waals surface area contributed by atoms with Crippen molar-refractivity contribution in [1.29, 1.82) is 0 Å². The van der Waals surface area contributed by atoms with Crippen molar-refractivity contribution in [2.45, 2.75) is 24.2 Å². The highest BCUT2D eigenvalue weighted by Crippen LogP contribution is 2.21. The van der Waals surface area contributed by atoms with E-state index in [1.165, 1.54) is 33.5 Å². The van der Waals surface area contributed by atoms with E-state index in [4.69, 9.17) is 0 Å². The van der Waals surface area contributed by atoms with Gasteiger partial charge in [-0.25, -0.2) is 17.1 Å². The zero-order valence-corrected chi connectivity index (χ0v) is 16.7. The quantitative estimate of drug-likeness (QED) is 0.722. The minimum Gasteiger partial charge on any atom is -0.303 e. The Hall–Kier alpha value is -1.77. The third-order valence-corrected chi connectivity index (χ3v) is 6.91. The number of rotatable bonds is 7.